The molecule has 2 nitrogen and oxygen atoms in total. The molecule has 338 valence electrons. The highest BCUT2D eigenvalue weighted by atomic mass is 16.3. The molecule has 0 fully saturated rings. The minimum absolute atomic E-state index is 0.551. The van der Waals surface area contributed by atoms with Crippen LogP contribution in [-0.2, 0) is 5.41 Å². The van der Waals surface area contributed by atoms with E-state index < -0.39 is 5.41 Å². The Morgan fingerprint density at radius 3 is 1.23 bits per heavy atom. The molecule has 0 amide bonds. The van der Waals surface area contributed by atoms with E-state index in [1.807, 2.05) is 0 Å². The molecule has 2 heteroatoms. The second-order valence-electron chi connectivity index (χ2n) is 19.7. The van der Waals surface area contributed by atoms with Crippen molar-refractivity contribution >= 4 is 87.0 Å². The van der Waals surface area contributed by atoms with Crippen LogP contribution in [0, 0.1) is 0 Å². The summed E-state index contributed by atoms with van der Waals surface area (Å²) in [5.74, 6) is 0. The summed E-state index contributed by atoms with van der Waals surface area (Å²) in [5, 5.41) is 14.1. The first-order valence-corrected chi connectivity index (χ1v) is 25.2. The molecule has 0 aliphatic heterocycles. The number of furan rings is 2. The van der Waals surface area contributed by atoms with Crippen molar-refractivity contribution in [2.24, 2.45) is 0 Å². The Bertz CT molecular complexity index is 4530. The van der Waals surface area contributed by atoms with E-state index in [1.54, 1.807) is 0 Å². The third-order valence-corrected chi connectivity index (χ3v) is 16.1. The van der Waals surface area contributed by atoms with E-state index in [-0.39, 0.29) is 0 Å². The molecular formula is C71H42O2. The summed E-state index contributed by atoms with van der Waals surface area (Å²) in [7, 11) is 0. The smallest absolute Gasteiger partial charge is 0.136 e. The fraction of sp³-hybridized carbons (Fsp3) is 0.0141. The Balaban J connectivity index is 1.08. The number of rotatable bonds is 5. The van der Waals surface area contributed by atoms with Crippen molar-refractivity contribution in [1.29, 1.82) is 0 Å². The first-order valence-electron chi connectivity index (χ1n) is 25.2. The van der Waals surface area contributed by atoms with Gasteiger partial charge in [0, 0.05) is 32.3 Å². The van der Waals surface area contributed by atoms with Crippen LogP contribution < -0.4 is 0 Å². The largest absolute Gasteiger partial charge is 0.456 e. The minimum Gasteiger partial charge on any atom is -0.456 e. The van der Waals surface area contributed by atoms with Gasteiger partial charge in [0.2, 0.25) is 0 Å². The zero-order valence-corrected chi connectivity index (χ0v) is 39.6. The topological polar surface area (TPSA) is 26.3 Å². The van der Waals surface area contributed by atoms with Crippen LogP contribution in [0.4, 0.5) is 0 Å². The molecule has 1 aliphatic carbocycles. The molecule has 0 bridgehead atoms. The lowest BCUT2D eigenvalue weighted by Gasteiger charge is -2.34. The summed E-state index contributed by atoms with van der Waals surface area (Å²) in [6, 6.07) is 94.0. The van der Waals surface area contributed by atoms with E-state index in [9.17, 15) is 0 Å². The van der Waals surface area contributed by atoms with Gasteiger partial charge in [-0.3, -0.25) is 0 Å². The lowest BCUT2D eigenvalue weighted by atomic mass is 9.67. The van der Waals surface area contributed by atoms with Crippen LogP contribution in [0.1, 0.15) is 22.3 Å². The van der Waals surface area contributed by atoms with Gasteiger partial charge < -0.3 is 8.83 Å². The molecule has 2 heterocycles. The van der Waals surface area contributed by atoms with Gasteiger partial charge in [-0.15, -0.1) is 0 Å². The standard InChI is InChI=1S/C71H42O2/c1-3-20-45(21-4-1)71(46-22-5-2-6-23-46)59-34-10-7-24-53(59)68-56(33-17-35-60(68)71)67-51-31-15-27-47(49-29-13-18-43-38-40-63-69(65(43)49)54-25-8-11-36-61(54)72-63)57(51)42-58-48(28-16-32-52(58)67)50-30-14-19-44-39-41-64-70(66(44)50)55-26-9-12-37-62(55)73-64/h1-42H. The average Bonchev–Trinajstić information content (AvgIpc) is 4.14. The maximum absolute atomic E-state index is 6.57. The van der Waals surface area contributed by atoms with Crippen molar-refractivity contribution in [2.75, 3.05) is 0 Å². The van der Waals surface area contributed by atoms with Gasteiger partial charge in [-0.2, -0.15) is 0 Å². The van der Waals surface area contributed by atoms with Crippen LogP contribution in [0.2, 0.25) is 0 Å². The summed E-state index contributed by atoms with van der Waals surface area (Å²) in [4.78, 5) is 0. The zero-order valence-electron chi connectivity index (χ0n) is 39.6. The van der Waals surface area contributed by atoms with E-state index in [1.165, 1.54) is 110 Å². The zero-order chi connectivity index (χ0) is 47.8. The highest BCUT2D eigenvalue weighted by Crippen LogP contribution is 2.60. The number of fused-ring (bicyclic) bond motifs is 15. The second-order valence-corrected chi connectivity index (χ2v) is 19.7. The molecule has 13 aromatic carbocycles. The summed E-state index contributed by atoms with van der Waals surface area (Å²) >= 11 is 0. The van der Waals surface area contributed by atoms with Crippen LogP contribution >= 0.6 is 0 Å². The molecule has 0 unspecified atom stereocenters. The van der Waals surface area contributed by atoms with Crippen LogP contribution in [-0.4, -0.2) is 0 Å². The molecule has 0 radical (unpaired) electrons. The van der Waals surface area contributed by atoms with Crippen molar-refractivity contribution in [3.8, 4) is 44.5 Å². The van der Waals surface area contributed by atoms with Crippen molar-refractivity contribution in [3.63, 3.8) is 0 Å². The van der Waals surface area contributed by atoms with Gasteiger partial charge in [0.25, 0.3) is 0 Å². The van der Waals surface area contributed by atoms with E-state index in [2.05, 4.69) is 255 Å². The average molecular weight is 927 g/mol. The molecule has 2 aromatic heterocycles. The van der Waals surface area contributed by atoms with E-state index in [0.717, 1.165) is 43.9 Å². The van der Waals surface area contributed by atoms with Crippen molar-refractivity contribution in [1.82, 2.24) is 0 Å². The molecule has 16 rings (SSSR count). The quantitative estimate of drug-likeness (QED) is 0.161. The Labute approximate surface area is 420 Å². The molecule has 1 aliphatic rings. The minimum atomic E-state index is -0.551. The Kier molecular flexibility index (Phi) is 8.41. The van der Waals surface area contributed by atoms with E-state index >= 15 is 0 Å². The van der Waals surface area contributed by atoms with E-state index in [4.69, 9.17) is 8.83 Å². The van der Waals surface area contributed by atoms with Gasteiger partial charge in [0.05, 0.1) is 5.41 Å². The lowest BCUT2D eigenvalue weighted by Crippen LogP contribution is -2.28. The predicted octanol–water partition coefficient (Wildman–Crippen LogP) is 19.5. The Morgan fingerprint density at radius 1 is 0.233 bits per heavy atom. The highest BCUT2D eigenvalue weighted by Gasteiger charge is 2.47. The van der Waals surface area contributed by atoms with Gasteiger partial charge in [-0.25, -0.2) is 0 Å². The first kappa shape index (κ1) is 40.3. The summed E-state index contributed by atoms with van der Waals surface area (Å²) in [5.41, 5.74) is 17.8. The molecule has 0 saturated carbocycles. The van der Waals surface area contributed by atoms with Crippen LogP contribution in [0.25, 0.3) is 131 Å². The van der Waals surface area contributed by atoms with Gasteiger partial charge in [0.1, 0.15) is 22.3 Å². The molecule has 15 aromatic rings. The van der Waals surface area contributed by atoms with Gasteiger partial charge in [-0.1, -0.05) is 224 Å². The lowest BCUT2D eigenvalue weighted by molar-refractivity contribution is 0.669. The molecule has 0 saturated heterocycles. The van der Waals surface area contributed by atoms with E-state index in [0.29, 0.717) is 0 Å². The normalized spacial score (nSPS) is 13.0. The maximum atomic E-state index is 6.57. The third-order valence-electron chi connectivity index (χ3n) is 16.1. The second kappa shape index (κ2) is 15.3. The third kappa shape index (κ3) is 5.52. The fourth-order valence-electron chi connectivity index (χ4n) is 13.3. The van der Waals surface area contributed by atoms with Crippen LogP contribution in [0.3, 0.4) is 0 Å². The number of hydrogen-bond acceptors (Lipinski definition) is 2. The molecule has 0 spiro atoms. The highest BCUT2D eigenvalue weighted by molar-refractivity contribution is 6.28. The SMILES string of the molecule is c1ccc(C2(c3ccccc3)c3ccccc3-c3c(-c4c5cccc(-c6cccc7ccc8oc9ccccc9c8c67)c5cc5c(-c6cccc7ccc8oc9ccccc9c8c67)cccc45)cccc32)cc1. The van der Waals surface area contributed by atoms with Crippen molar-refractivity contribution < 1.29 is 8.83 Å². The summed E-state index contributed by atoms with van der Waals surface area (Å²) in [6.45, 7) is 0. The van der Waals surface area contributed by atoms with Crippen molar-refractivity contribution in [3.05, 3.63) is 277 Å². The maximum Gasteiger partial charge on any atom is 0.136 e. The van der Waals surface area contributed by atoms with Crippen molar-refractivity contribution in [2.45, 2.75) is 5.41 Å². The Hall–Kier alpha value is -9.50. The molecular weight excluding hydrogens is 885 g/mol. The first-order chi connectivity index (χ1) is 36.2. The number of benzene rings is 13. The summed E-state index contributed by atoms with van der Waals surface area (Å²) in [6.07, 6.45) is 0. The Morgan fingerprint density at radius 2 is 0.658 bits per heavy atom. The van der Waals surface area contributed by atoms with Crippen LogP contribution in [0.15, 0.2) is 264 Å². The number of para-hydroxylation sites is 2. The molecule has 0 N–H and O–H groups in total. The van der Waals surface area contributed by atoms with Gasteiger partial charge in [0.15, 0.2) is 0 Å². The monoisotopic (exact) mass is 926 g/mol. The molecule has 73 heavy (non-hydrogen) atoms. The fourth-order valence-corrected chi connectivity index (χ4v) is 13.3. The summed E-state index contributed by atoms with van der Waals surface area (Å²) < 4.78 is 13.1. The number of hydrogen-bond donors (Lipinski definition) is 0. The molecule has 0 atom stereocenters. The van der Waals surface area contributed by atoms with Crippen LogP contribution in [0.5, 0.6) is 0 Å². The predicted molar refractivity (Wildman–Crippen MR) is 305 cm³/mol. The van der Waals surface area contributed by atoms with Gasteiger partial charge >= 0.3 is 0 Å². The van der Waals surface area contributed by atoms with Gasteiger partial charge in [-0.05, 0) is 129 Å².